The Balaban J connectivity index is 1.54. The summed E-state index contributed by atoms with van der Waals surface area (Å²) in [5, 5.41) is 8.62. The maximum absolute atomic E-state index is 13.9. The van der Waals surface area contributed by atoms with E-state index >= 15 is 0 Å². The maximum atomic E-state index is 13.9. The number of likely N-dealkylation sites (tertiary alicyclic amines) is 1. The molecule has 0 aliphatic carbocycles. The van der Waals surface area contributed by atoms with Crippen molar-refractivity contribution < 1.29 is 35.9 Å². The molecule has 2 saturated heterocycles. The Labute approximate surface area is 230 Å². The molecular formula is C26H24ClF6N5O2. The van der Waals surface area contributed by atoms with Crippen molar-refractivity contribution in [1.29, 1.82) is 0 Å². The summed E-state index contributed by atoms with van der Waals surface area (Å²) in [6, 6.07) is 8.23. The van der Waals surface area contributed by atoms with Crippen molar-refractivity contribution >= 4 is 23.3 Å². The Morgan fingerprint density at radius 3 is 2.25 bits per heavy atom. The van der Waals surface area contributed by atoms with E-state index < -0.39 is 35.9 Å². The molecular weight excluding hydrogens is 564 g/mol. The van der Waals surface area contributed by atoms with Crippen molar-refractivity contribution in [2.75, 3.05) is 37.7 Å². The molecule has 5 rings (SSSR count). The number of halogens is 7. The van der Waals surface area contributed by atoms with Gasteiger partial charge in [0.1, 0.15) is 0 Å². The molecule has 0 bridgehead atoms. The van der Waals surface area contributed by atoms with E-state index in [4.69, 9.17) is 16.3 Å². The van der Waals surface area contributed by atoms with E-state index in [1.54, 1.807) is 21.9 Å². The molecule has 1 amide bonds. The highest BCUT2D eigenvalue weighted by Crippen LogP contribution is 2.39. The molecule has 0 radical (unpaired) electrons. The number of hydrogen-bond donors (Lipinski definition) is 0. The van der Waals surface area contributed by atoms with E-state index in [-0.39, 0.29) is 29.2 Å². The van der Waals surface area contributed by atoms with Gasteiger partial charge in [-0.3, -0.25) is 4.79 Å². The number of alkyl halides is 6. The van der Waals surface area contributed by atoms with E-state index in [2.05, 4.69) is 10.3 Å². The topological polar surface area (TPSA) is 63.5 Å². The number of morpholine rings is 1. The van der Waals surface area contributed by atoms with E-state index in [0.29, 0.717) is 62.8 Å². The molecule has 0 spiro atoms. The van der Waals surface area contributed by atoms with Crippen LogP contribution in [0.15, 0.2) is 42.5 Å². The molecule has 0 unspecified atom stereocenters. The summed E-state index contributed by atoms with van der Waals surface area (Å²) in [6.07, 6.45) is -8.60. The lowest BCUT2D eigenvalue weighted by molar-refractivity contribution is -0.143. The molecule has 2 aromatic carbocycles. The summed E-state index contributed by atoms with van der Waals surface area (Å²) in [7, 11) is 0. The molecule has 1 aromatic heterocycles. The van der Waals surface area contributed by atoms with Gasteiger partial charge in [0.2, 0.25) is 0 Å². The van der Waals surface area contributed by atoms with Gasteiger partial charge in [-0.15, -0.1) is 5.10 Å². The van der Waals surface area contributed by atoms with Crippen LogP contribution in [0.25, 0.3) is 0 Å². The molecule has 2 fully saturated rings. The maximum Gasteiger partial charge on any atom is 0.416 e. The molecule has 0 N–H and O–H groups in total. The van der Waals surface area contributed by atoms with Crippen LogP contribution in [0.2, 0.25) is 5.02 Å². The number of rotatable bonds is 5. The zero-order valence-corrected chi connectivity index (χ0v) is 21.7. The fraction of sp³-hybridized carbons (Fsp3) is 0.423. The monoisotopic (exact) mass is 587 g/mol. The third-order valence-electron chi connectivity index (χ3n) is 6.98. The second-order valence-electron chi connectivity index (χ2n) is 9.61. The summed E-state index contributed by atoms with van der Waals surface area (Å²) < 4.78 is 87.3. The SMILES string of the molecule is O=C(c1nnn(Cc2cc(C(F)(F)F)cc(C(F)(F)F)c2)c1N1CCOCC1)N1CCC[C@H]1c1ccccc1Cl. The largest absolute Gasteiger partial charge is 0.416 e. The average Bonchev–Trinajstić information content (AvgIpc) is 3.56. The van der Waals surface area contributed by atoms with Gasteiger partial charge in [0.25, 0.3) is 5.91 Å². The van der Waals surface area contributed by atoms with Crippen molar-refractivity contribution in [1.82, 2.24) is 19.9 Å². The van der Waals surface area contributed by atoms with Gasteiger partial charge in [0.15, 0.2) is 11.5 Å². The number of ether oxygens (including phenoxy) is 1. The van der Waals surface area contributed by atoms with Crippen LogP contribution in [0.5, 0.6) is 0 Å². The Morgan fingerprint density at radius 2 is 1.62 bits per heavy atom. The zero-order valence-electron chi connectivity index (χ0n) is 21.0. The first-order valence-electron chi connectivity index (χ1n) is 12.5. The van der Waals surface area contributed by atoms with Crippen LogP contribution in [-0.4, -0.2) is 58.6 Å². The molecule has 40 heavy (non-hydrogen) atoms. The van der Waals surface area contributed by atoms with Crippen molar-refractivity contribution in [2.24, 2.45) is 0 Å². The number of amides is 1. The number of nitrogens with zero attached hydrogens (tertiary/aromatic N) is 5. The number of carbonyl (C=O) groups excluding carboxylic acids is 1. The summed E-state index contributed by atoms with van der Waals surface area (Å²) in [6.45, 7) is 1.25. The minimum absolute atomic E-state index is 0.0381. The fourth-order valence-electron chi connectivity index (χ4n) is 5.14. The van der Waals surface area contributed by atoms with Gasteiger partial charge in [0.05, 0.1) is 36.9 Å². The Morgan fingerprint density at radius 1 is 0.975 bits per heavy atom. The molecule has 3 aromatic rings. The quantitative estimate of drug-likeness (QED) is 0.352. The predicted octanol–water partition coefficient (Wildman–Crippen LogP) is 5.83. The number of anilines is 1. The molecule has 214 valence electrons. The summed E-state index contributed by atoms with van der Waals surface area (Å²) in [5.41, 5.74) is -2.40. The van der Waals surface area contributed by atoms with E-state index in [9.17, 15) is 31.1 Å². The third kappa shape index (κ3) is 5.75. The lowest BCUT2D eigenvalue weighted by Crippen LogP contribution is -2.40. The summed E-state index contributed by atoms with van der Waals surface area (Å²) >= 11 is 6.40. The first-order valence-corrected chi connectivity index (χ1v) is 12.9. The smallest absolute Gasteiger partial charge is 0.378 e. The van der Waals surface area contributed by atoms with Crippen LogP contribution in [-0.2, 0) is 23.6 Å². The van der Waals surface area contributed by atoms with Gasteiger partial charge < -0.3 is 14.5 Å². The molecule has 0 saturated carbocycles. The van der Waals surface area contributed by atoms with E-state index in [1.165, 1.54) is 4.68 Å². The van der Waals surface area contributed by atoms with Crippen molar-refractivity contribution in [3.63, 3.8) is 0 Å². The van der Waals surface area contributed by atoms with Crippen molar-refractivity contribution in [2.45, 2.75) is 37.8 Å². The molecule has 2 aliphatic rings. The van der Waals surface area contributed by atoms with Gasteiger partial charge in [-0.05, 0) is 48.2 Å². The van der Waals surface area contributed by atoms with Crippen LogP contribution >= 0.6 is 11.6 Å². The normalized spacial score (nSPS) is 18.4. The van der Waals surface area contributed by atoms with E-state index in [1.807, 2.05) is 12.1 Å². The van der Waals surface area contributed by atoms with Crippen LogP contribution in [0.1, 0.15) is 51.6 Å². The predicted molar refractivity (Wildman–Crippen MR) is 133 cm³/mol. The fourth-order valence-corrected chi connectivity index (χ4v) is 5.40. The Hall–Kier alpha value is -3.32. The second-order valence-corrected chi connectivity index (χ2v) is 10.0. The number of benzene rings is 2. The van der Waals surface area contributed by atoms with Crippen LogP contribution in [0.4, 0.5) is 32.2 Å². The molecule has 7 nitrogen and oxygen atoms in total. The molecule has 3 heterocycles. The van der Waals surface area contributed by atoms with Gasteiger partial charge in [-0.1, -0.05) is 35.0 Å². The lowest BCUT2D eigenvalue weighted by Gasteiger charge is -2.30. The van der Waals surface area contributed by atoms with Crippen LogP contribution < -0.4 is 4.90 Å². The molecule has 14 heteroatoms. The summed E-state index contributed by atoms with van der Waals surface area (Å²) in [4.78, 5) is 17.2. The number of carbonyl (C=O) groups is 1. The van der Waals surface area contributed by atoms with Gasteiger partial charge in [0, 0.05) is 24.7 Å². The molecule has 1 atom stereocenters. The first kappa shape index (κ1) is 28.2. The van der Waals surface area contributed by atoms with E-state index in [0.717, 1.165) is 5.56 Å². The number of aromatic nitrogens is 3. The minimum atomic E-state index is -4.99. The van der Waals surface area contributed by atoms with Gasteiger partial charge in [-0.25, -0.2) is 4.68 Å². The Kier molecular flexibility index (Phi) is 7.71. The Bertz CT molecular complexity index is 1350. The highest BCUT2D eigenvalue weighted by molar-refractivity contribution is 6.31. The van der Waals surface area contributed by atoms with Gasteiger partial charge in [-0.2, -0.15) is 26.3 Å². The standard InChI is InChI=1S/C26H24ClF6N5O2/c27-20-5-2-1-4-19(20)21-6-3-7-37(21)24(39)22-23(36-8-10-40-11-9-36)38(35-34-22)15-16-12-17(25(28,29)30)14-18(13-16)26(31,32)33/h1-2,4-5,12-14,21H,3,6-11,15H2/t21-/m0/s1. The van der Waals surface area contributed by atoms with Gasteiger partial charge >= 0.3 is 12.4 Å². The average molecular weight is 588 g/mol. The van der Waals surface area contributed by atoms with Crippen molar-refractivity contribution in [3.05, 3.63) is 75.4 Å². The lowest BCUT2D eigenvalue weighted by atomic mass is 10.0. The first-order chi connectivity index (χ1) is 18.9. The zero-order chi connectivity index (χ0) is 28.7. The van der Waals surface area contributed by atoms with Crippen molar-refractivity contribution in [3.8, 4) is 0 Å². The van der Waals surface area contributed by atoms with Crippen LogP contribution in [0.3, 0.4) is 0 Å². The summed E-state index contributed by atoms with van der Waals surface area (Å²) in [5.74, 6) is -0.237. The minimum Gasteiger partial charge on any atom is -0.378 e. The highest BCUT2D eigenvalue weighted by Gasteiger charge is 2.38. The highest BCUT2D eigenvalue weighted by atomic mass is 35.5. The second kappa shape index (κ2) is 10.9. The van der Waals surface area contributed by atoms with Crippen LogP contribution in [0, 0.1) is 0 Å². The number of hydrogen-bond acceptors (Lipinski definition) is 5. The molecule has 2 aliphatic heterocycles. The third-order valence-corrected chi connectivity index (χ3v) is 7.32.